The Morgan fingerprint density at radius 1 is 0.718 bits per heavy atom. The summed E-state index contributed by atoms with van der Waals surface area (Å²) in [7, 11) is 1.46. The van der Waals surface area contributed by atoms with Crippen LogP contribution in [0.5, 0.6) is 0 Å². The lowest BCUT2D eigenvalue weighted by Crippen LogP contribution is -2.55. The molecule has 0 spiro atoms. The summed E-state index contributed by atoms with van der Waals surface area (Å²) in [6, 6.07) is 15.8. The zero-order valence-electron chi connectivity index (χ0n) is 49.5. The fourth-order valence-corrected chi connectivity index (χ4v) is 11.5. The predicted molar refractivity (Wildman–Crippen MR) is 331 cm³/mol. The molecule has 23 nitrogen and oxygen atoms in total. The van der Waals surface area contributed by atoms with Gasteiger partial charge in [0.25, 0.3) is 11.8 Å². The van der Waals surface area contributed by atoms with E-state index >= 15 is 0 Å². The number of aromatic nitrogens is 10. The lowest BCUT2D eigenvalue weighted by Gasteiger charge is -2.37. The molecule has 2 atom stereocenters. The summed E-state index contributed by atoms with van der Waals surface area (Å²) in [6.45, 7) is 21.6. The van der Waals surface area contributed by atoms with Crippen molar-refractivity contribution in [2.75, 3.05) is 60.0 Å². The number of ether oxygens (including phenoxy) is 2. The number of nitrogens with zero attached hydrogens (tertiary/aromatic N) is 14. The van der Waals surface area contributed by atoms with Crippen molar-refractivity contribution in [2.45, 2.75) is 97.3 Å². The zero-order chi connectivity index (χ0) is 61.1. The fourth-order valence-electron chi connectivity index (χ4n) is 9.63. The number of likely N-dealkylation sites (tertiary alicyclic amines) is 2. The third-order valence-electron chi connectivity index (χ3n) is 14.7. The number of rotatable bonds is 21. The maximum atomic E-state index is 13.7. The van der Waals surface area contributed by atoms with Crippen LogP contribution < -0.4 is 10.6 Å². The van der Waals surface area contributed by atoms with E-state index in [9.17, 15) is 19.2 Å². The van der Waals surface area contributed by atoms with Gasteiger partial charge in [-0.3, -0.25) is 29.0 Å². The van der Waals surface area contributed by atoms with Crippen LogP contribution in [0.1, 0.15) is 34.6 Å². The van der Waals surface area contributed by atoms with Crippen LogP contribution in [0.15, 0.2) is 61.2 Å². The second kappa shape index (κ2) is 25.9. The number of likely N-dealkylation sites (N-methyl/N-ethyl adjacent to an activating group) is 1. The summed E-state index contributed by atoms with van der Waals surface area (Å²) in [4.78, 5) is 77.1. The molecule has 4 amide bonds. The predicted octanol–water partition coefficient (Wildman–Crippen LogP) is 8.12. The molecule has 2 aliphatic heterocycles. The van der Waals surface area contributed by atoms with Gasteiger partial charge in [-0.05, 0) is 76.4 Å². The summed E-state index contributed by atoms with van der Waals surface area (Å²) in [5.74, 6) is -1.68. The minimum absolute atomic E-state index is 0.159. The largest absolute Gasteiger partial charge is 0.361 e. The van der Waals surface area contributed by atoms with Crippen LogP contribution >= 0.6 is 23.2 Å². The number of benzene rings is 2. The number of carbonyl (C=O) groups excluding carboxylic acids is 4. The summed E-state index contributed by atoms with van der Waals surface area (Å²) < 4.78 is 17.4. The Balaban J connectivity index is 0.000000205. The van der Waals surface area contributed by atoms with Crippen molar-refractivity contribution < 1.29 is 28.7 Å². The number of nitrogens with one attached hydrogen (secondary N) is 3. The number of amides is 4. The molecule has 2 fully saturated rings. The molecule has 3 N–H and O–H groups in total. The van der Waals surface area contributed by atoms with Gasteiger partial charge in [-0.15, -0.1) is 0 Å². The summed E-state index contributed by atoms with van der Waals surface area (Å²) in [5.41, 5.74) is 6.16. The van der Waals surface area contributed by atoms with Gasteiger partial charge in [-0.2, -0.15) is 20.7 Å². The van der Waals surface area contributed by atoms with Gasteiger partial charge in [-0.25, -0.2) is 19.9 Å². The van der Waals surface area contributed by atoms with Gasteiger partial charge in [0.15, 0.2) is 11.3 Å². The number of fused-ring (bicyclic) bond motifs is 4. The third kappa shape index (κ3) is 14.6. The topological polar surface area (TPSA) is 276 Å². The zero-order valence-corrected chi connectivity index (χ0v) is 53.0. The maximum absolute atomic E-state index is 13.7. The number of hydrogen-bond acceptors (Lipinski definition) is 15. The maximum Gasteiger partial charge on any atom is 0.255 e. The molecule has 0 saturated carbocycles. The fraction of sp³-hybridized carbons (Fsp3) is 0.448. The molecule has 0 aliphatic carbocycles. The van der Waals surface area contributed by atoms with Crippen molar-refractivity contribution in [2.24, 2.45) is 11.8 Å². The van der Waals surface area contributed by atoms with Gasteiger partial charge < -0.3 is 43.9 Å². The average Bonchev–Trinajstić information content (AvgIpc) is 2.38. The second-order valence-electron chi connectivity index (χ2n) is 24.4. The van der Waals surface area contributed by atoms with Gasteiger partial charge >= 0.3 is 0 Å². The number of aromatic amines is 1. The lowest BCUT2D eigenvalue weighted by atomic mass is 10.0. The first-order valence-corrected chi connectivity index (χ1v) is 36.4. The standard InChI is InChI=1S/C31H40ClN9O3Si.C27H31ClN8O3Si/c1-20(31(43)39-16-21(14-33)17-39)35-30(42)24-18-40(19-44-11-12-45(4,5)6)29-28(24)36-25(15-34-29)27-23-8-7-22(32)13-26(23)41(37-27)10-9-38(2)3;1-16(27(38)35-12-17(10-29)13-35)31-26(37)20-14-36(15-39-7-8-40(2,3)4)25-24(20)32-22(11-30-25)23-19-6-5-18(28)9-21(19)33-34-23/h7-8,13,15,18,20-21H,9-12,16-17,19H2,1-6H3,(H,35,42);5-6,9,11,14,16-17H,7-8,12-13,15H2,1-4H3,(H,31,37)(H,33,34)/t20-;16-/m11/s1. The van der Waals surface area contributed by atoms with Crippen LogP contribution in [-0.2, 0) is 39.1 Å². The molecule has 8 heterocycles. The Bertz CT molecular complexity index is 3900. The molecule has 0 bridgehead atoms. The molecule has 10 rings (SSSR count). The molecule has 446 valence electrons. The molecule has 2 aromatic carbocycles. The number of nitriles is 2. The van der Waals surface area contributed by atoms with Crippen LogP contribution in [0.2, 0.25) is 61.4 Å². The highest BCUT2D eigenvalue weighted by molar-refractivity contribution is 6.76. The quantitative estimate of drug-likeness (QED) is 0.0453. The van der Waals surface area contributed by atoms with E-state index in [2.05, 4.69) is 82.1 Å². The average molecular weight is 1230 g/mol. The minimum Gasteiger partial charge on any atom is -0.361 e. The Kier molecular flexibility index (Phi) is 18.9. The first kappa shape index (κ1) is 61.9. The number of halogens is 2. The molecule has 85 heavy (non-hydrogen) atoms. The molecule has 0 unspecified atom stereocenters. The van der Waals surface area contributed by atoms with Gasteiger partial charge in [0.2, 0.25) is 11.8 Å². The summed E-state index contributed by atoms with van der Waals surface area (Å²) in [6.07, 6.45) is 6.62. The van der Waals surface area contributed by atoms with Gasteiger partial charge in [0, 0.05) is 95.3 Å². The van der Waals surface area contributed by atoms with Crippen molar-refractivity contribution >= 4 is 107 Å². The molecule has 6 aromatic heterocycles. The third-order valence-corrected chi connectivity index (χ3v) is 18.6. The van der Waals surface area contributed by atoms with Crippen LogP contribution in [0.4, 0.5) is 0 Å². The van der Waals surface area contributed by atoms with E-state index in [1.54, 1.807) is 69.7 Å². The van der Waals surface area contributed by atoms with E-state index in [1.807, 2.05) is 43.0 Å². The molecule has 8 aromatic rings. The lowest BCUT2D eigenvalue weighted by molar-refractivity contribution is -0.138. The van der Waals surface area contributed by atoms with E-state index in [0.717, 1.165) is 40.4 Å². The monoisotopic (exact) mass is 1230 g/mol. The highest BCUT2D eigenvalue weighted by Gasteiger charge is 2.36. The highest BCUT2D eigenvalue weighted by Crippen LogP contribution is 2.32. The van der Waals surface area contributed by atoms with Gasteiger partial charge in [0.05, 0.1) is 65.1 Å². The number of hydrogen-bond donors (Lipinski definition) is 3. The molecular weight excluding hydrogens is 1160 g/mol. The van der Waals surface area contributed by atoms with Crippen molar-refractivity contribution in [3.63, 3.8) is 0 Å². The minimum atomic E-state index is -1.29. The van der Waals surface area contributed by atoms with E-state index in [4.69, 9.17) is 63.3 Å². The van der Waals surface area contributed by atoms with Crippen molar-refractivity contribution in [1.82, 2.24) is 74.4 Å². The Morgan fingerprint density at radius 3 is 1.66 bits per heavy atom. The van der Waals surface area contributed by atoms with Gasteiger partial charge in [-0.1, -0.05) is 62.5 Å². The summed E-state index contributed by atoms with van der Waals surface area (Å²) >= 11 is 12.5. The Labute approximate surface area is 504 Å². The molecule has 2 saturated heterocycles. The van der Waals surface area contributed by atoms with Crippen molar-refractivity contribution in [3.8, 4) is 34.9 Å². The van der Waals surface area contributed by atoms with Crippen molar-refractivity contribution in [1.29, 1.82) is 10.5 Å². The molecular formula is C58H71Cl2N17O6Si2. The SMILES string of the molecule is C[C@@H](NC(=O)c1cn(COCC[Si](C)(C)C)c2ncc(-c3n[nH]c4cc(Cl)ccc34)nc12)C(=O)N1CC(C#N)C1.C[C@@H](NC(=O)c1cn(COCC[Si](C)(C)C)c2ncc(-c3nn(CCN(C)C)c4cc(Cl)ccc34)nc12)C(=O)N1CC(C#N)C1. The molecule has 0 radical (unpaired) electrons. The molecule has 2 aliphatic rings. The van der Waals surface area contributed by atoms with E-state index in [1.165, 1.54) is 0 Å². The first-order chi connectivity index (χ1) is 40.4. The van der Waals surface area contributed by atoms with Crippen molar-refractivity contribution in [3.05, 3.63) is 82.4 Å². The first-order valence-electron chi connectivity index (χ1n) is 28.2. The van der Waals surface area contributed by atoms with Crippen LogP contribution in [0, 0.1) is 34.5 Å². The highest BCUT2D eigenvalue weighted by atomic mass is 35.5. The number of carbonyl (C=O) groups is 4. The molecule has 27 heteroatoms. The Morgan fingerprint density at radius 2 is 1.19 bits per heavy atom. The van der Waals surface area contributed by atoms with Gasteiger partial charge in [0.1, 0.15) is 59.4 Å². The summed E-state index contributed by atoms with van der Waals surface area (Å²) in [5, 5.41) is 38.9. The number of H-pyrrole nitrogens is 1. The normalized spacial score (nSPS) is 14.7. The second-order valence-corrected chi connectivity index (χ2v) is 36.5. The van der Waals surface area contributed by atoms with E-state index in [0.29, 0.717) is 101 Å². The van der Waals surface area contributed by atoms with E-state index < -0.39 is 40.0 Å². The van der Waals surface area contributed by atoms with Crippen LogP contribution in [-0.4, -0.2) is 176 Å². The van der Waals surface area contributed by atoms with Crippen LogP contribution in [0.25, 0.3) is 66.9 Å². The van der Waals surface area contributed by atoms with E-state index in [-0.39, 0.29) is 48.2 Å². The Hall–Kier alpha value is -7.63. The van der Waals surface area contributed by atoms with Crippen LogP contribution in [0.3, 0.4) is 0 Å². The smallest absolute Gasteiger partial charge is 0.255 e.